The molecule has 104 valence electrons. The lowest BCUT2D eigenvalue weighted by Crippen LogP contribution is -2.41. The second-order valence-electron chi connectivity index (χ2n) is 5.25. The Kier molecular flexibility index (Phi) is 6.12. The van der Waals surface area contributed by atoms with E-state index in [2.05, 4.69) is 6.92 Å². The molecule has 1 atom stereocenters. The van der Waals surface area contributed by atoms with Gasteiger partial charge in [-0.3, -0.25) is 9.59 Å². The van der Waals surface area contributed by atoms with Crippen LogP contribution in [0, 0.1) is 5.92 Å². The molecule has 4 N–H and O–H groups in total. The van der Waals surface area contributed by atoms with Crippen molar-refractivity contribution >= 4 is 11.8 Å². The number of carbonyl (C=O) groups excluding carboxylic acids is 2. The molecule has 1 fully saturated rings. The zero-order chi connectivity index (χ0) is 13.5. The number of hydrogen-bond acceptors (Lipinski definition) is 3. The van der Waals surface area contributed by atoms with Crippen LogP contribution in [-0.4, -0.2) is 35.8 Å². The number of primary amides is 1. The summed E-state index contributed by atoms with van der Waals surface area (Å²) in [6.45, 7) is 3.53. The molecular weight excluding hydrogens is 230 g/mol. The Balaban J connectivity index is 2.29. The molecule has 0 spiro atoms. The second-order valence-corrected chi connectivity index (χ2v) is 5.25. The van der Waals surface area contributed by atoms with Crippen LogP contribution in [0.2, 0.25) is 0 Å². The molecule has 0 saturated carbocycles. The maximum Gasteiger partial charge on any atom is 0.224 e. The number of hydrogen-bond donors (Lipinski definition) is 2. The predicted octanol–water partition coefficient (Wildman–Crippen LogP) is 0.618. The maximum atomic E-state index is 12.0. The molecule has 0 aromatic heterocycles. The summed E-state index contributed by atoms with van der Waals surface area (Å²) in [5, 5.41) is 0. The minimum Gasteiger partial charge on any atom is -0.370 e. The van der Waals surface area contributed by atoms with Gasteiger partial charge in [0.25, 0.3) is 0 Å². The van der Waals surface area contributed by atoms with Gasteiger partial charge >= 0.3 is 0 Å². The Labute approximate surface area is 109 Å². The van der Waals surface area contributed by atoms with Crippen LogP contribution in [0.4, 0.5) is 0 Å². The average Bonchev–Trinajstić information content (AvgIpc) is 2.29. The van der Waals surface area contributed by atoms with Crippen molar-refractivity contribution in [1.29, 1.82) is 0 Å². The highest BCUT2D eigenvalue weighted by molar-refractivity contribution is 5.77. The van der Waals surface area contributed by atoms with Gasteiger partial charge in [0.1, 0.15) is 0 Å². The van der Waals surface area contributed by atoms with Crippen LogP contribution in [0.5, 0.6) is 0 Å². The van der Waals surface area contributed by atoms with Gasteiger partial charge in [-0.25, -0.2) is 0 Å². The van der Waals surface area contributed by atoms with E-state index in [9.17, 15) is 9.59 Å². The Morgan fingerprint density at radius 2 is 1.94 bits per heavy atom. The molecule has 5 nitrogen and oxygen atoms in total. The molecule has 1 rings (SSSR count). The van der Waals surface area contributed by atoms with E-state index in [1.165, 1.54) is 0 Å². The Bertz CT molecular complexity index is 286. The van der Waals surface area contributed by atoms with Crippen LogP contribution in [-0.2, 0) is 9.59 Å². The number of amides is 2. The first-order valence-electron chi connectivity index (χ1n) is 6.84. The van der Waals surface area contributed by atoms with E-state index in [0.29, 0.717) is 18.8 Å². The largest absolute Gasteiger partial charge is 0.370 e. The molecule has 1 aliphatic rings. The van der Waals surface area contributed by atoms with Gasteiger partial charge in [-0.15, -0.1) is 0 Å². The molecule has 5 heteroatoms. The molecule has 0 bridgehead atoms. The third kappa shape index (κ3) is 5.04. The normalized spacial score (nSPS) is 18.7. The number of carbonyl (C=O) groups is 2. The fourth-order valence-electron chi connectivity index (χ4n) is 2.50. The lowest BCUT2D eigenvalue weighted by molar-refractivity contribution is -0.133. The summed E-state index contributed by atoms with van der Waals surface area (Å²) in [5.41, 5.74) is 11.1. The monoisotopic (exact) mass is 255 g/mol. The molecule has 0 aromatic carbocycles. The van der Waals surface area contributed by atoms with E-state index in [1.807, 2.05) is 4.90 Å². The molecule has 1 saturated heterocycles. The van der Waals surface area contributed by atoms with Gasteiger partial charge in [0, 0.05) is 32.0 Å². The summed E-state index contributed by atoms with van der Waals surface area (Å²) < 4.78 is 0. The first-order valence-corrected chi connectivity index (χ1v) is 6.84. The van der Waals surface area contributed by atoms with Gasteiger partial charge in [-0.1, -0.05) is 13.3 Å². The molecule has 0 aliphatic carbocycles. The van der Waals surface area contributed by atoms with Crippen molar-refractivity contribution in [1.82, 2.24) is 4.90 Å². The molecule has 0 aromatic rings. The molecule has 2 amide bonds. The van der Waals surface area contributed by atoms with Crippen LogP contribution < -0.4 is 11.5 Å². The van der Waals surface area contributed by atoms with Crippen LogP contribution >= 0.6 is 0 Å². The predicted molar refractivity (Wildman–Crippen MR) is 70.6 cm³/mol. The van der Waals surface area contributed by atoms with Crippen molar-refractivity contribution in [2.75, 3.05) is 13.1 Å². The van der Waals surface area contributed by atoms with Gasteiger partial charge in [-0.2, -0.15) is 0 Å². The fourth-order valence-corrected chi connectivity index (χ4v) is 2.50. The van der Waals surface area contributed by atoms with Crippen molar-refractivity contribution in [3.8, 4) is 0 Å². The molecule has 1 unspecified atom stereocenters. The van der Waals surface area contributed by atoms with Gasteiger partial charge in [0.2, 0.25) is 11.8 Å². The summed E-state index contributed by atoms with van der Waals surface area (Å²) in [7, 11) is 0. The third-order valence-electron chi connectivity index (χ3n) is 3.55. The van der Waals surface area contributed by atoms with Gasteiger partial charge in [0.15, 0.2) is 0 Å². The van der Waals surface area contributed by atoms with Gasteiger partial charge in [-0.05, 0) is 25.2 Å². The number of piperidine rings is 1. The average molecular weight is 255 g/mol. The fraction of sp³-hybridized carbons (Fsp3) is 0.846. The van der Waals surface area contributed by atoms with E-state index in [0.717, 1.165) is 38.8 Å². The zero-order valence-corrected chi connectivity index (χ0v) is 11.2. The number of rotatable bonds is 6. The number of nitrogens with two attached hydrogens (primary N) is 2. The summed E-state index contributed by atoms with van der Waals surface area (Å²) in [6, 6.07) is -0.0224. The number of nitrogens with zero attached hydrogens (tertiary/aromatic N) is 1. The first-order chi connectivity index (χ1) is 8.52. The van der Waals surface area contributed by atoms with Crippen LogP contribution in [0.25, 0.3) is 0 Å². The maximum absolute atomic E-state index is 12.0. The van der Waals surface area contributed by atoms with E-state index < -0.39 is 0 Å². The van der Waals surface area contributed by atoms with Crippen LogP contribution in [0.1, 0.15) is 45.4 Å². The highest BCUT2D eigenvalue weighted by atomic mass is 16.2. The standard InChI is InChI=1S/C13H25N3O2/c1-2-3-11(14)9-13(18)16-6-4-10(5-7-16)8-12(15)17/h10-11H,2-9,14H2,1H3,(H2,15,17). The summed E-state index contributed by atoms with van der Waals surface area (Å²) in [4.78, 5) is 24.7. The van der Waals surface area contributed by atoms with Crippen molar-refractivity contribution in [3.05, 3.63) is 0 Å². The SMILES string of the molecule is CCCC(N)CC(=O)N1CCC(CC(N)=O)CC1. The Morgan fingerprint density at radius 1 is 1.33 bits per heavy atom. The zero-order valence-electron chi connectivity index (χ0n) is 11.2. The quantitative estimate of drug-likeness (QED) is 0.729. The first kappa shape index (κ1) is 15.0. The third-order valence-corrected chi connectivity index (χ3v) is 3.55. The highest BCUT2D eigenvalue weighted by Crippen LogP contribution is 2.20. The van der Waals surface area contributed by atoms with Gasteiger partial charge in [0.05, 0.1) is 0 Å². The van der Waals surface area contributed by atoms with E-state index in [1.54, 1.807) is 0 Å². The lowest BCUT2D eigenvalue weighted by atomic mass is 9.93. The van der Waals surface area contributed by atoms with Gasteiger partial charge < -0.3 is 16.4 Å². The minimum atomic E-state index is -0.246. The summed E-state index contributed by atoms with van der Waals surface area (Å²) in [6.07, 6.45) is 4.53. The summed E-state index contributed by atoms with van der Waals surface area (Å²) >= 11 is 0. The van der Waals surface area contributed by atoms with Crippen molar-refractivity contribution in [2.45, 2.75) is 51.5 Å². The van der Waals surface area contributed by atoms with Crippen molar-refractivity contribution < 1.29 is 9.59 Å². The topological polar surface area (TPSA) is 89.4 Å². The summed E-state index contributed by atoms with van der Waals surface area (Å²) in [5.74, 6) is 0.245. The molecule has 1 heterocycles. The molecule has 1 aliphatic heterocycles. The van der Waals surface area contributed by atoms with E-state index >= 15 is 0 Å². The van der Waals surface area contributed by atoms with Crippen LogP contribution in [0.15, 0.2) is 0 Å². The highest BCUT2D eigenvalue weighted by Gasteiger charge is 2.24. The van der Waals surface area contributed by atoms with Crippen molar-refractivity contribution in [3.63, 3.8) is 0 Å². The van der Waals surface area contributed by atoms with E-state index in [4.69, 9.17) is 11.5 Å². The van der Waals surface area contributed by atoms with E-state index in [-0.39, 0.29) is 17.9 Å². The lowest BCUT2D eigenvalue weighted by Gasteiger charge is -2.32. The molecule has 18 heavy (non-hydrogen) atoms. The second kappa shape index (κ2) is 7.36. The van der Waals surface area contributed by atoms with Crippen LogP contribution in [0.3, 0.4) is 0 Å². The number of likely N-dealkylation sites (tertiary alicyclic amines) is 1. The Morgan fingerprint density at radius 3 is 2.44 bits per heavy atom. The smallest absolute Gasteiger partial charge is 0.224 e. The molecular formula is C13H25N3O2. The molecule has 0 radical (unpaired) electrons. The Hall–Kier alpha value is -1.10. The minimum absolute atomic E-state index is 0.0224. The van der Waals surface area contributed by atoms with Crippen molar-refractivity contribution in [2.24, 2.45) is 17.4 Å².